The van der Waals surface area contributed by atoms with Crippen LogP contribution in [0.25, 0.3) is 0 Å². The summed E-state index contributed by atoms with van der Waals surface area (Å²) in [5.41, 5.74) is 1.30. The highest BCUT2D eigenvalue weighted by atomic mass is 127. The van der Waals surface area contributed by atoms with Gasteiger partial charge in [0.2, 0.25) is 0 Å². The van der Waals surface area contributed by atoms with Crippen LogP contribution in [0.15, 0.2) is 5.03 Å². The minimum atomic E-state index is 0.621. The molecule has 1 aromatic heterocycles. The van der Waals surface area contributed by atoms with E-state index >= 15 is 0 Å². The lowest BCUT2D eigenvalue weighted by Gasteiger charge is -2.39. The first-order chi connectivity index (χ1) is 9.68. The lowest BCUT2D eigenvalue weighted by molar-refractivity contribution is -0.900. The Morgan fingerprint density at radius 3 is 3.00 bits per heavy atom. The third-order valence-corrected chi connectivity index (χ3v) is 7.43. The molecule has 0 radical (unpaired) electrons. The Kier molecular flexibility index (Phi) is 7.03. The number of likely N-dealkylation sites (tertiary alicyclic amines) is 1. The number of rotatable bonds is 7. The van der Waals surface area contributed by atoms with Crippen molar-refractivity contribution in [1.29, 1.82) is 0 Å². The van der Waals surface area contributed by atoms with Crippen LogP contribution < -0.4 is 0 Å². The Morgan fingerprint density at radius 2 is 2.25 bits per heavy atom. The first kappa shape index (κ1) is 17.0. The number of nitrogens with zero attached hydrogens (tertiary/aromatic N) is 3. The lowest BCUT2D eigenvalue weighted by atomic mass is 9.94. The maximum atomic E-state index is 4.64. The van der Waals surface area contributed by atoms with Crippen LogP contribution in [0.2, 0.25) is 0 Å². The molecule has 1 aromatic rings. The minimum absolute atomic E-state index is 0.621. The molecular formula is C14H25IN3S2+. The van der Waals surface area contributed by atoms with Crippen LogP contribution in [0.3, 0.4) is 0 Å². The van der Waals surface area contributed by atoms with E-state index in [1.807, 2.05) is 11.8 Å². The maximum absolute atomic E-state index is 4.64. The lowest BCUT2D eigenvalue weighted by Crippen LogP contribution is -2.49. The van der Waals surface area contributed by atoms with Crippen molar-refractivity contribution in [1.82, 2.24) is 8.75 Å². The van der Waals surface area contributed by atoms with Crippen molar-refractivity contribution in [3.63, 3.8) is 0 Å². The summed E-state index contributed by atoms with van der Waals surface area (Å²) in [6.07, 6.45) is 6.52. The van der Waals surface area contributed by atoms with E-state index in [0.717, 1.165) is 0 Å². The summed E-state index contributed by atoms with van der Waals surface area (Å²) < 4.78 is 11.6. The van der Waals surface area contributed by atoms with Crippen molar-refractivity contribution in [2.45, 2.75) is 50.0 Å². The van der Waals surface area contributed by atoms with Crippen molar-refractivity contribution in [2.24, 2.45) is 0 Å². The molecule has 20 heavy (non-hydrogen) atoms. The number of hydrogen-bond acceptors (Lipinski definition) is 4. The van der Waals surface area contributed by atoms with Crippen molar-refractivity contribution in [2.75, 3.05) is 30.4 Å². The van der Waals surface area contributed by atoms with E-state index in [-0.39, 0.29) is 0 Å². The average Bonchev–Trinajstić information content (AvgIpc) is 2.92. The number of hydrogen-bond donors (Lipinski definition) is 0. The number of thioether (sulfide) groups is 1. The number of halogens is 1. The summed E-state index contributed by atoms with van der Waals surface area (Å²) in [5, 5.41) is 1.22. The molecule has 1 aliphatic heterocycles. The zero-order chi connectivity index (χ0) is 14.4. The van der Waals surface area contributed by atoms with E-state index in [9.17, 15) is 0 Å². The van der Waals surface area contributed by atoms with Crippen LogP contribution in [0, 0.1) is 0 Å². The van der Waals surface area contributed by atoms with Crippen LogP contribution >= 0.6 is 46.1 Å². The molecule has 0 amide bonds. The summed E-state index contributed by atoms with van der Waals surface area (Å²) in [5.74, 6) is 1.81. The normalized spacial score (nSPS) is 26.9. The Labute approximate surface area is 145 Å². The molecule has 0 aliphatic carbocycles. The largest absolute Gasteiger partial charge is 0.317 e. The van der Waals surface area contributed by atoms with Crippen molar-refractivity contribution in [3.05, 3.63) is 5.69 Å². The first-order valence-electron chi connectivity index (χ1n) is 7.53. The van der Waals surface area contributed by atoms with Gasteiger partial charge >= 0.3 is 0 Å². The molecule has 1 saturated heterocycles. The second-order valence-corrected chi connectivity index (χ2v) is 8.29. The third-order valence-electron chi connectivity index (χ3n) is 4.06. The molecule has 0 aromatic carbocycles. The predicted octanol–water partition coefficient (Wildman–Crippen LogP) is 4.54. The zero-order valence-electron chi connectivity index (χ0n) is 12.5. The highest BCUT2D eigenvalue weighted by molar-refractivity contribution is 14.1. The molecule has 2 atom stereocenters. The Morgan fingerprint density at radius 1 is 1.40 bits per heavy atom. The van der Waals surface area contributed by atoms with Crippen molar-refractivity contribution >= 4 is 46.1 Å². The molecule has 2 unspecified atom stereocenters. The summed E-state index contributed by atoms with van der Waals surface area (Å²) >= 11 is 5.85. The number of unbranched alkanes of at least 4 members (excludes halogenated alkanes) is 2. The Hall–Kier alpha value is 0.600. The molecule has 3 nitrogen and oxygen atoms in total. The second-order valence-electron chi connectivity index (χ2n) is 5.99. The Balaban J connectivity index is 1.96. The number of aromatic nitrogens is 2. The number of alkyl halides is 1. The van der Waals surface area contributed by atoms with Crippen LogP contribution in [-0.2, 0) is 0 Å². The smallest absolute Gasteiger partial charge is 0.134 e. The van der Waals surface area contributed by atoms with Gasteiger partial charge < -0.3 is 4.48 Å². The topological polar surface area (TPSA) is 25.8 Å². The van der Waals surface area contributed by atoms with Crippen LogP contribution in [0.4, 0.5) is 0 Å². The quantitative estimate of drug-likeness (QED) is 0.160. The molecule has 1 fully saturated rings. The molecule has 2 rings (SSSR count). The zero-order valence-corrected chi connectivity index (χ0v) is 16.3. The van der Waals surface area contributed by atoms with E-state index in [2.05, 4.69) is 45.3 Å². The van der Waals surface area contributed by atoms with Gasteiger partial charge in [0.25, 0.3) is 0 Å². The first-order valence-corrected chi connectivity index (χ1v) is 10.8. The fourth-order valence-corrected chi connectivity index (χ4v) is 5.25. The summed E-state index contributed by atoms with van der Waals surface area (Å²) in [6.45, 7) is 4.80. The van der Waals surface area contributed by atoms with Crippen LogP contribution in [0.1, 0.15) is 50.6 Å². The molecule has 6 heteroatoms. The molecule has 2 heterocycles. The van der Waals surface area contributed by atoms with E-state index < -0.39 is 0 Å². The van der Waals surface area contributed by atoms with Crippen LogP contribution in [-0.4, -0.2) is 43.7 Å². The minimum Gasteiger partial charge on any atom is -0.317 e. The predicted molar refractivity (Wildman–Crippen MR) is 96.9 cm³/mol. The van der Waals surface area contributed by atoms with Gasteiger partial charge in [0, 0.05) is 0 Å². The summed E-state index contributed by atoms with van der Waals surface area (Å²) in [4.78, 5) is 0. The SMILES string of the molecule is CCCCCSc1nsnc1C1CCC[N+](C)(CI)C1. The molecule has 0 saturated carbocycles. The third kappa shape index (κ3) is 4.55. The standard InChI is InChI=1S/C14H25IN3S2/c1-3-4-5-9-19-14-13(16-20-17-14)12-7-6-8-18(2,10-12)11-15/h12H,3-11H2,1-2H3/q+1. The Bertz CT molecular complexity index is 413. The highest BCUT2D eigenvalue weighted by Crippen LogP contribution is 2.35. The molecular weight excluding hydrogens is 401 g/mol. The number of quaternary nitrogens is 1. The monoisotopic (exact) mass is 426 g/mol. The van der Waals surface area contributed by atoms with Gasteiger partial charge in [-0.05, 0) is 47.6 Å². The molecule has 0 spiro atoms. The van der Waals surface area contributed by atoms with Crippen molar-refractivity contribution in [3.8, 4) is 0 Å². The van der Waals surface area contributed by atoms with Gasteiger partial charge in [-0.3, -0.25) is 0 Å². The van der Waals surface area contributed by atoms with E-state index in [4.69, 9.17) is 0 Å². The number of likely N-dealkylation sites (N-methyl/N-ethyl adjacent to an activating group) is 1. The molecule has 0 N–H and O–H groups in total. The van der Waals surface area contributed by atoms with Gasteiger partial charge in [-0.25, -0.2) is 0 Å². The van der Waals surface area contributed by atoms with Gasteiger partial charge in [0.15, 0.2) is 0 Å². The molecule has 0 bridgehead atoms. The fourth-order valence-electron chi connectivity index (χ4n) is 2.82. The van der Waals surface area contributed by atoms with Crippen LogP contribution in [0.5, 0.6) is 0 Å². The maximum Gasteiger partial charge on any atom is 0.134 e. The highest BCUT2D eigenvalue weighted by Gasteiger charge is 2.33. The average molecular weight is 426 g/mol. The van der Waals surface area contributed by atoms with E-state index in [1.54, 1.807) is 0 Å². The van der Waals surface area contributed by atoms with Gasteiger partial charge in [0.1, 0.15) is 9.58 Å². The van der Waals surface area contributed by atoms with E-state index in [0.29, 0.717) is 5.92 Å². The van der Waals surface area contributed by atoms with Gasteiger partial charge in [-0.15, -0.1) is 11.8 Å². The van der Waals surface area contributed by atoms with E-state index in [1.165, 1.54) is 82.4 Å². The van der Waals surface area contributed by atoms with Crippen molar-refractivity contribution < 1.29 is 4.48 Å². The second kappa shape index (κ2) is 8.29. The molecule has 114 valence electrons. The van der Waals surface area contributed by atoms with Gasteiger partial charge in [-0.1, -0.05) is 19.8 Å². The fraction of sp³-hybridized carbons (Fsp3) is 0.857. The summed E-state index contributed by atoms with van der Waals surface area (Å²) in [7, 11) is 2.38. The van der Waals surface area contributed by atoms with Gasteiger partial charge in [-0.2, -0.15) is 8.75 Å². The van der Waals surface area contributed by atoms with Gasteiger partial charge in [0.05, 0.1) is 43.5 Å². The summed E-state index contributed by atoms with van der Waals surface area (Å²) in [6, 6.07) is 0. The number of piperidine rings is 1. The molecule has 1 aliphatic rings.